The average Bonchev–Trinajstić information content (AvgIpc) is 2.83. The van der Waals surface area contributed by atoms with Crippen LogP contribution in [0.2, 0.25) is 0 Å². The van der Waals surface area contributed by atoms with E-state index in [1.54, 1.807) is 0 Å². The van der Waals surface area contributed by atoms with Crippen molar-refractivity contribution < 1.29 is 0 Å². The second kappa shape index (κ2) is 5.14. The fourth-order valence-corrected chi connectivity index (χ4v) is 2.31. The third-order valence-corrected chi connectivity index (χ3v) is 3.47. The van der Waals surface area contributed by atoms with Gasteiger partial charge < -0.3 is 0 Å². The molecule has 4 nitrogen and oxygen atoms in total. The smallest absolute Gasteiger partial charge is 0.0983 e. The van der Waals surface area contributed by atoms with E-state index >= 15 is 0 Å². The molecule has 5 heteroatoms. The highest BCUT2D eigenvalue weighted by Crippen LogP contribution is 2.25. The molecule has 2 rings (SSSR count). The zero-order valence-corrected chi connectivity index (χ0v) is 11.7. The zero-order valence-electron chi connectivity index (χ0n) is 10.8. The van der Waals surface area contributed by atoms with Gasteiger partial charge in [-0.1, -0.05) is 49.5 Å². The number of nitrogens with zero attached hydrogens (tertiary/aromatic N) is 2. The predicted molar refractivity (Wildman–Crippen MR) is 74.2 cm³/mol. The number of aromatic nitrogens is 2. The molecule has 0 saturated carbocycles. The summed E-state index contributed by atoms with van der Waals surface area (Å²) in [5.74, 6) is 5.61. The average molecular weight is 262 g/mol. The molecular formula is C13H18N4S. The van der Waals surface area contributed by atoms with Crippen molar-refractivity contribution in [1.29, 1.82) is 0 Å². The summed E-state index contributed by atoms with van der Waals surface area (Å²) in [4.78, 5) is 0. The largest absolute Gasteiger partial charge is 0.271 e. The summed E-state index contributed by atoms with van der Waals surface area (Å²) >= 11 is 1.33. The molecule has 0 saturated heterocycles. The number of nitrogens with one attached hydrogen (secondary N) is 1. The first-order chi connectivity index (χ1) is 8.52. The number of hydrogen-bond acceptors (Lipinski definition) is 5. The van der Waals surface area contributed by atoms with Gasteiger partial charge in [0.15, 0.2) is 0 Å². The lowest BCUT2D eigenvalue weighted by Gasteiger charge is -2.20. The van der Waals surface area contributed by atoms with Crippen molar-refractivity contribution in [2.45, 2.75) is 32.2 Å². The number of nitrogens with two attached hydrogens (primary N) is 1. The molecule has 1 atom stereocenters. The first-order valence-corrected chi connectivity index (χ1v) is 6.69. The molecule has 1 unspecified atom stereocenters. The molecular weight excluding hydrogens is 244 g/mol. The van der Waals surface area contributed by atoms with Crippen LogP contribution in [0.1, 0.15) is 43.6 Å². The molecule has 0 aliphatic carbocycles. The first kappa shape index (κ1) is 13.1. The van der Waals surface area contributed by atoms with Crippen LogP contribution in [0.4, 0.5) is 0 Å². The molecule has 0 radical (unpaired) electrons. The van der Waals surface area contributed by atoms with Crippen LogP contribution < -0.4 is 11.3 Å². The lowest BCUT2D eigenvalue weighted by molar-refractivity contribution is 0.586. The van der Waals surface area contributed by atoms with Crippen molar-refractivity contribution in [3.05, 3.63) is 46.5 Å². The molecule has 0 amide bonds. The van der Waals surface area contributed by atoms with E-state index in [1.807, 2.05) is 5.38 Å². The molecule has 18 heavy (non-hydrogen) atoms. The van der Waals surface area contributed by atoms with Crippen molar-refractivity contribution in [3.63, 3.8) is 0 Å². The minimum Gasteiger partial charge on any atom is -0.271 e. The summed E-state index contributed by atoms with van der Waals surface area (Å²) < 4.78 is 3.87. The standard InChI is InChI=1S/C13H18N4S/c1-13(2,3)10-6-4-9(5-7-10)12(15-14)11-8-18-17-16-11/h4-8,12,15H,14H2,1-3H3. The van der Waals surface area contributed by atoms with E-state index < -0.39 is 0 Å². The maximum Gasteiger partial charge on any atom is 0.0983 e. The quantitative estimate of drug-likeness (QED) is 0.658. The third-order valence-electron chi connectivity index (χ3n) is 2.95. The van der Waals surface area contributed by atoms with Gasteiger partial charge in [0.2, 0.25) is 0 Å². The van der Waals surface area contributed by atoms with E-state index in [1.165, 1.54) is 17.1 Å². The Balaban J connectivity index is 2.28. The summed E-state index contributed by atoms with van der Waals surface area (Å²) in [7, 11) is 0. The molecule has 1 heterocycles. The second-order valence-corrected chi connectivity index (χ2v) is 5.91. The predicted octanol–water partition coefficient (Wildman–Crippen LogP) is 2.39. The molecule has 0 fully saturated rings. The maximum atomic E-state index is 5.61. The second-order valence-electron chi connectivity index (χ2n) is 5.30. The Labute approximate surface area is 111 Å². The van der Waals surface area contributed by atoms with Gasteiger partial charge in [-0.2, -0.15) is 0 Å². The van der Waals surface area contributed by atoms with Crippen LogP contribution in [0.5, 0.6) is 0 Å². The fourth-order valence-electron chi connectivity index (χ4n) is 1.83. The lowest BCUT2D eigenvalue weighted by Crippen LogP contribution is -2.29. The Hall–Kier alpha value is -1.30. The summed E-state index contributed by atoms with van der Waals surface area (Å²) in [5, 5.41) is 5.97. The third kappa shape index (κ3) is 2.75. The van der Waals surface area contributed by atoms with Crippen molar-refractivity contribution in [2.24, 2.45) is 5.84 Å². The van der Waals surface area contributed by atoms with Gasteiger partial charge in [0.05, 0.1) is 11.7 Å². The van der Waals surface area contributed by atoms with Gasteiger partial charge in [-0.25, -0.2) is 5.43 Å². The number of hydrogen-bond donors (Lipinski definition) is 2. The van der Waals surface area contributed by atoms with Crippen molar-refractivity contribution in [3.8, 4) is 0 Å². The summed E-state index contributed by atoms with van der Waals surface area (Å²) in [5.41, 5.74) is 6.19. The molecule has 96 valence electrons. The van der Waals surface area contributed by atoms with Gasteiger partial charge >= 0.3 is 0 Å². The molecule has 0 spiro atoms. The van der Waals surface area contributed by atoms with Crippen molar-refractivity contribution in [2.75, 3.05) is 0 Å². The highest BCUT2D eigenvalue weighted by atomic mass is 32.1. The molecule has 0 bridgehead atoms. The maximum absolute atomic E-state index is 5.61. The number of benzene rings is 1. The van der Waals surface area contributed by atoms with Crippen LogP contribution in [0, 0.1) is 0 Å². The first-order valence-electron chi connectivity index (χ1n) is 5.86. The molecule has 1 aromatic heterocycles. The topological polar surface area (TPSA) is 63.8 Å². The van der Waals surface area contributed by atoms with E-state index in [9.17, 15) is 0 Å². The zero-order chi connectivity index (χ0) is 13.2. The van der Waals surface area contributed by atoms with Gasteiger partial charge in [-0.05, 0) is 28.1 Å². The van der Waals surface area contributed by atoms with Crippen molar-refractivity contribution >= 4 is 11.5 Å². The van der Waals surface area contributed by atoms with Gasteiger partial charge in [0, 0.05) is 5.38 Å². The molecule has 1 aromatic carbocycles. The monoisotopic (exact) mass is 262 g/mol. The van der Waals surface area contributed by atoms with E-state index in [4.69, 9.17) is 5.84 Å². The molecule has 2 aromatic rings. The number of rotatable bonds is 3. The van der Waals surface area contributed by atoms with E-state index in [0.29, 0.717) is 0 Å². The summed E-state index contributed by atoms with van der Waals surface area (Å²) in [6.07, 6.45) is 0. The molecule has 0 aliphatic rings. The van der Waals surface area contributed by atoms with Crippen LogP contribution in [0.3, 0.4) is 0 Å². The Bertz CT molecular complexity index is 485. The Morgan fingerprint density at radius 2 is 1.89 bits per heavy atom. The SMILES string of the molecule is CC(C)(C)c1ccc(C(NN)c2csnn2)cc1. The van der Waals surface area contributed by atoms with Crippen LogP contribution >= 0.6 is 11.5 Å². The molecule has 3 N–H and O–H groups in total. The van der Waals surface area contributed by atoms with Gasteiger partial charge in [-0.15, -0.1) is 5.10 Å². The molecule has 0 aliphatic heterocycles. The summed E-state index contributed by atoms with van der Waals surface area (Å²) in [6.45, 7) is 6.60. The fraction of sp³-hybridized carbons (Fsp3) is 0.385. The Morgan fingerprint density at radius 1 is 1.22 bits per heavy atom. The van der Waals surface area contributed by atoms with Crippen LogP contribution in [0.15, 0.2) is 29.6 Å². The van der Waals surface area contributed by atoms with E-state index in [0.717, 1.165) is 11.3 Å². The minimum absolute atomic E-state index is 0.0993. The van der Waals surface area contributed by atoms with E-state index in [-0.39, 0.29) is 11.5 Å². The van der Waals surface area contributed by atoms with Gasteiger partial charge in [-0.3, -0.25) is 5.84 Å². The minimum atomic E-state index is -0.0993. The van der Waals surface area contributed by atoms with Crippen molar-refractivity contribution in [1.82, 2.24) is 15.0 Å². The highest BCUT2D eigenvalue weighted by Gasteiger charge is 2.17. The normalized spacial score (nSPS) is 13.6. The van der Waals surface area contributed by atoms with Crippen LogP contribution in [-0.4, -0.2) is 9.59 Å². The lowest BCUT2D eigenvalue weighted by atomic mass is 9.86. The Morgan fingerprint density at radius 3 is 2.33 bits per heavy atom. The Kier molecular flexibility index (Phi) is 3.75. The van der Waals surface area contributed by atoms with Crippen LogP contribution in [0.25, 0.3) is 0 Å². The summed E-state index contributed by atoms with van der Waals surface area (Å²) in [6, 6.07) is 8.35. The number of hydrazine groups is 1. The van der Waals surface area contributed by atoms with Crippen LogP contribution in [-0.2, 0) is 5.41 Å². The van der Waals surface area contributed by atoms with Gasteiger partial charge in [0.1, 0.15) is 0 Å². The van der Waals surface area contributed by atoms with Gasteiger partial charge in [0.25, 0.3) is 0 Å². The van der Waals surface area contributed by atoms with E-state index in [2.05, 4.69) is 60.0 Å². The highest BCUT2D eigenvalue weighted by molar-refractivity contribution is 7.03.